The van der Waals surface area contributed by atoms with Crippen molar-refractivity contribution < 1.29 is 29.3 Å². The number of carboxylic acid groups (broad SMARTS) is 1. The standard InChI is InChI=1S/C19H16N2O6/c1-26-15-8-11(9-16(27-2)17(15)22)7-13(10-20)18(23)21-14-5-3-12(4-6-14)19(24)25/h3-9,22H,1-2H3,(H,21,23)(H,24,25)/b13-7-. The Balaban J connectivity index is 2.29. The average molecular weight is 368 g/mol. The molecule has 0 spiro atoms. The van der Waals surface area contributed by atoms with Gasteiger partial charge in [-0.2, -0.15) is 5.26 Å². The van der Waals surface area contributed by atoms with Crippen LogP contribution in [0, 0.1) is 11.3 Å². The summed E-state index contributed by atoms with van der Waals surface area (Å²) in [6.45, 7) is 0. The summed E-state index contributed by atoms with van der Waals surface area (Å²) in [5, 5.41) is 30.6. The minimum Gasteiger partial charge on any atom is -0.502 e. The molecular weight excluding hydrogens is 352 g/mol. The maximum absolute atomic E-state index is 12.3. The van der Waals surface area contributed by atoms with Crippen molar-refractivity contribution in [3.8, 4) is 23.3 Å². The number of anilines is 1. The number of hydrogen-bond donors (Lipinski definition) is 3. The van der Waals surface area contributed by atoms with Gasteiger partial charge in [0.15, 0.2) is 11.5 Å². The topological polar surface area (TPSA) is 129 Å². The van der Waals surface area contributed by atoms with Gasteiger partial charge in [0.2, 0.25) is 5.75 Å². The first kappa shape index (κ1) is 19.3. The molecule has 2 rings (SSSR count). The van der Waals surface area contributed by atoms with E-state index in [9.17, 15) is 20.0 Å². The minimum absolute atomic E-state index is 0.0762. The largest absolute Gasteiger partial charge is 0.502 e. The van der Waals surface area contributed by atoms with Gasteiger partial charge in [0.25, 0.3) is 5.91 Å². The molecule has 3 N–H and O–H groups in total. The van der Waals surface area contributed by atoms with Crippen LogP contribution in [0.5, 0.6) is 17.2 Å². The summed E-state index contributed by atoms with van der Waals surface area (Å²) in [4.78, 5) is 23.2. The monoisotopic (exact) mass is 368 g/mol. The molecule has 0 aromatic heterocycles. The molecule has 0 heterocycles. The summed E-state index contributed by atoms with van der Waals surface area (Å²) in [6.07, 6.45) is 1.31. The fraction of sp³-hybridized carbons (Fsp3) is 0.105. The van der Waals surface area contributed by atoms with Crippen LogP contribution in [0.2, 0.25) is 0 Å². The van der Waals surface area contributed by atoms with E-state index in [1.807, 2.05) is 0 Å². The molecule has 8 heteroatoms. The summed E-state index contributed by atoms with van der Waals surface area (Å²) in [5.74, 6) is -1.70. The number of nitrogens with one attached hydrogen (secondary N) is 1. The van der Waals surface area contributed by atoms with E-state index in [0.717, 1.165) is 0 Å². The minimum atomic E-state index is -1.08. The molecule has 0 aliphatic carbocycles. The second-order valence-electron chi connectivity index (χ2n) is 5.28. The lowest BCUT2D eigenvalue weighted by molar-refractivity contribution is -0.112. The number of benzene rings is 2. The van der Waals surface area contributed by atoms with Crippen LogP contribution >= 0.6 is 0 Å². The van der Waals surface area contributed by atoms with Gasteiger partial charge in [-0.05, 0) is 48.0 Å². The smallest absolute Gasteiger partial charge is 0.335 e. The van der Waals surface area contributed by atoms with Crippen LogP contribution in [0.4, 0.5) is 5.69 Å². The van der Waals surface area contributed by atoms with Crippen LogP contribution in [0.3, 0.4) is 0 Å². The molecule has 0 aliphatic rings. The second kappa shape index (κ2) is 8.40. The molecule has 2 aromatic rings. The Hall–Kier alpha value is -3.99. The lowest BCUT2D eigenvalue weighted by Gasteiger charge is -2.10. The summed E-state index contributed by atoms with van der Waals surface area (Å²) in [6, 6.07) is 10.2. The Morgan fingerprint density at radius 3 is 2.11 bits per heavy atom. The number of carbonyl (C=O) groups excluding carboxylic acids is 1. The maximum Gasteiger partial charge on any atom is 0.335 e. The highest BCUT2D eigenvalue weighted by Crippen LogP contribution is 2.37. The Labute approximate surface area is 154 Å². The lowest BCUT2D eigenvalue weighted by atomic mass is 10.1. The Morgan fingerprint density at radius 2 is 1.67 bits per heavy atom. The van der Waals surface area contributed by atoms with Gasteiger partial charge in [0, 0.05) is 5.69 Å². The van der Waals surface area contributed by atoms with E-state index in [1.165, 1.54) is 56.7 Å². The number of aromatic hydroxyl groups is 1. The third-order valence-electron chi connectivity index (χ3n) is 3.57. The zero-order valence-corrected chi connectivity index (χ0v) is 14.5. The van der Waals surface area contributed by atoms with Crippen molar-refractivity contribution in [2.24, 2.45) is 0 Å². The zero-order valence-electron chi connectivity index (χ0n) is 14.5. The first-order valence-corrected chi connectivity index (χ1v) is 7.61. The lowest BCUT2D eigenvalue weighted by Crippen LogP contribution is -2.13. The van der Waals surface area contributed by atoms with E-state index >= 15 is 0 Å². The molecule has 2 aromatic carbocycles. The van der Waals surface area contributed by atoms with Crippen LogP contribution in [-0.4, -0.2) is 36.3 Å². The summed E-state index contributed by atoms with van der Waals surface area (Å²) in [7, 11) is 2.72. The Morgan fingerprint density at radius 1 is 1.11 bits per heavy atom. The quantitative estimate of drug-likeness (QED) is 0.528. The first-order valence-electron chi connectivity index (χ1n) is 7.61. The van der Waals surface area contributed by atoms with Crippen molar-refractivity contribution in [1.82, 2.24) is 0 Å². The Bertz CT molecular complexity index is 917. The highest BCUT2D eigenvalue weighted by molar-refractivity contribution is 6.09. The summed E-state index contributed by atoms with van der Waals surface area (Å²) < 4.78 is 10.1. The fourth-order valence-electron chi connectivity index (χ4n) is 2.21. The number of methoxy groups -OCH3 is 2. The van der Waals surface area contributed by atoms with Crippen LogP contribution < -0.4 is 14.8 Å². The number of nitrogens with zero attached hydrogens (tertiary/aromatic N) is 1. The SMILES string of the molecule is COc1cc(/C=C(/C#N)C(=O)Nc2ccc(C(=O)O)cc2)cc(OC)c1O. The van der Waals surface area contributed by atoms with Gasteiger partial charge in [0.05, 0.1) is 19.8 Å². The fourth-order valence-corrected chi connectivity index (χ4v) is 2.21. The van der Waals surface area contributed by atoms with Crippen molar-refractivity contribution in [3.05, 3.63) is 53.1 Å². The molecule has 0 atom stereocenters. The number of carbonyl (C=O) groups is 2. The predicted molar refractivity (Wildman–Crippen MR) is 96.8 cm³/mol. The van der Waals surface area contributed by atoms with E-state index in [1.54, 1.807) is 6.07 Å². The van der Waals surface area contributed by atoms with Gasteiger partial charge in [-0.1, -0.05) is 0 Å². The normalized spacial score (nSPS) is 10.6. The molecule has 0 fully saturated rings. The van der Waals surface area contributed by atoms with Crippen LogP contribution in [0.15, 0.2) is 42.0 Å². The van der Waals surface area contributed by atoms with Crippen LogP contribution in [0.1, 0.15) is 15.9 Å². The van der Waals surface area contributed by atoms with Crippen molar-refractivity contribution >= 4 is 23.6 Å². The first-order chi connectivity index (χ1) is 12.9. The van der Waals surface area contributed by atoms with Crippen LogP contribution in [-0.2, 0) is 4.79 Å². The second-order valence-corrected chi connectivity index (χ2v) is 5.28. The molecule has 8 nitrogen and oxygen atoms in total. The van der Waals surface area contributed by atoms with Crippen molar-refractivity contribution in [2.45, 2.75) is 0 Å². The van der Waals surface area contributed by atoms with Gasteiger partial charge in [-0.25, -0.2) is 4.79 Å². The summed E-state index contributed by atoms with van der Waals surface area (Å²) >= 11 is 0. The van der Waals surface area contributed by atoms with Gasteiger partial charge in [-0.3, -0.25) is 4.79 Å². The molecule has 138 valence electrons. The summed E-state index contributed by atoms with van der Waals surface area (Å²) in [5.41, 5.74) is 0.626. The van der Waals surface area contributed by atoms with Gasteiger partial charge >= 0.3 is 5.97 Å². The van der Waals surface area contributed by atoms with Gasteiger partial charge < -0.3 is 25.0 Å². The molecule has 0 saturated heterocycles. The molecule has 1 amide bonds. The third-order valence-corrected chi connectivity index (χ3v) is 3.57. The molecule has 27 heavy (non-hydrogen) atoms. The Kier molecular flexibility index (Phi) is 6.02. The van der Waals surface area contributed by atoms with Crippen molar-refractivity contribution in [3.63, 3.8) is 0 Å². The number of hydrogen-bond acceptors (Lipinski definition) is 6. The maximum atomic E-state index is 12.3. The third kappa shape index (κ3) is 4.55. The number of nitriles is 1. The molecular formula is C19H16N2O6. The number of amides is 1. The highest BCUT2D eigenvalue weighted by Gasteiger charge is 2.14. The van der Waals surface area contributed by atoms with E-state index in [-0.39, 0.29) is 28.4 Å². The number of ether oxygens (including phenoxy) is 2. The highest BCUT2D eigenvalue weighted by atomic mass is 16.5. The zero-order chi connectivity index (χ0) is 20.0. The van der Waals surface area contributed by atoms with E-state index in [4.69, 9.17) is 14.6 Å². The number of rotatable bonds is 6. The molecule has 0 saturated carbocycles. The van der Waals surface area contributed by atoms with Crippen LogP contribution in [0.25, 0.3) is 6.08 Å². The number of phenolic OH excluding ortho intramolecular Hbond substituents is 1. The van der Waals surface area contributed by atoms with Gasteiger partial charge in [-0.15, -0.1) is 0 Å². The predicted octanol–water partition coefficient (Wildman–Crippen LogP) is 2.65. The molecule has 0 unspecified atom stereocenters. The molecule has 0 aliphatic heterocycles. The average Bonchev–Trinajstić information content (AvgIpc) is 2.67. The van der Waals surface area contributed by atoms with Crippen molar-refractivity contribution in [1.29, 1.82) is 5.26 Å². The van der Waals surface area contributed by atoms with Gasteiger partial charge in [0.1, 0.15) is 11.6 Å². The van der Waals surface area contributed by atoms with E-state index < -0.39 is 11.9 Å². The molecule has 0 radical (unpaired) electrons. The number of phenols is 1. The number of carboxylic acids is 1. The number of aromatic carboxylic acids is 1. The van der Waals surface area contributed by atoms with E-state index in [0.29, 0.717) is 11.3 Å². The van der Waals surface area contributed by atoms with Crippen molar-refractivity contribution in [2.75, 3.05) is 19.5 Å². The molecule has 0 bridgehead atoms. The van der Waals surface area contributed by atoms with E-state index in [2.05, 4.69) is 5.32 Å².